The zero-order valence-corrected chi connectivity index (χ0v) is 12.7. The minimum atomic E-state index is 0. The van der Waals surface area contributed by atoms with Crippen LogP contribution in [0, 0.1) is 0 Å². The van der Waals surface area contributed by atoms with Gasteiger partial charge in [-0.3, -0.25) is 4.79 Å². The zero-order valence-electron chi connectivity index (χ0n) is 11.9. The van der Waals surface area contributed by atoms with Crippen LogP contribution in [0.25, 0.3) is 0 Å². The maximum absolute atomic E-state index is 12.1. The van der Waals surface area contributed by atoms with E-state index < -0.39 is 0 Å². The molecule has 1 aliphatic rings. The van der Waals surface area contributed by atoms with Crippen molar-refractivity contribution in [2.24, 2.45) is 0 Å². The maximum Gasteiger partial charge on any atom is 0.225 e. The van der Waals surface area contributed by atoms with E-state index in [2.05, 4.69) is 5.32 Å². The molecule has 2 rings (SSSR count). The summed E-state index contributed by atoms with van der Waals surface area (Å²) in [6, 6.07) is 9.99. The molecule has 1 amide bonds. The molecule has 0 saturated carbocycles. The minimum absolute atomic E-state index is 0. The summed E-state index contributed by atoms with van der Waals surface area (Å²) in [5.41, 5.74) is 0. The number of nitrogens with zero attached hydrogens (tertiary/aromatic N) is 1. The number of hydrogen-bond acceptors (Lipinski definition) is 3. The van der Waals surface area contributed by atoms with E-state index in [9.17, 15) is 4.79 Å². The van der Waals surface area contributed by atoms with Crippen LogP contribution in [0.15, 0.2) is 30.3 Å². The highest BCUT2D eigenvalue weighted by Gasteiger charge is 2.21. The normalized spacial score (nSPS) is 15.2. The third kappa shape index (κ3) is 5.02. The predicted molar refractivity (Wildman–Crippen MR) is 82.5 cm³/mol. The summed E-state index contributed by atoms with van der Waals surface area (Å²) < 4.78 is 5.55. The smallest absolute Gasteiger partial charge is 0.225 e. The van der Waals surface area contributed by atoms with Gasteiger partial charge >= 0.3 is 0 Å². The van der Waals surface area contributed by atoms with Crippen LogP contribution >= 0.6 is 12.4 Å². The van der Waals surface area contributed by atoms with Crippen LogP contribution < -0.4 is 10.1 Å². The molecule has 0 aromatic heterocycles. The summed E-state index contributed by atoms with van der Waals surface area (Å²) in [6.07, 6.45) is 2.53. The van der Waals surface area contributed by atoms with Gasteiger partial charge in [0.15, 0.2) is 0 Å². The van der Waals surface area contributed by atoms with Gasteiger partial charge in [0.05, 0.1) is 13.0 Å². The van der Waals surface area contributed by atoms with E-state index in [1.165, 1.54) is 0 Å². The maximum atomic E-state index is 12.1. The van der Waals surface area contributed by atoms with Gasteiger partial charge < -0.3 is 15.0 Å². The van der Waals surface area contributed by atoms with Gasteiger partial charge in [-0.1, -0.05) is 18.2 Å². The number of hydrogen-bond donors (Lipinski definition) is 1. The molecule has 1 fully saturated rings. The second-order valence-corrected chi connectivity index (χ2v) is 4.90. The predicted octanol–water partition coefficient (Wildman–Crippen LogP) is 2.09. The Kier molecular flexibility index (Phi) is 7.41. The molecule has 0 aliphatic carbocycles. The first-order valence-electron chi connectivity index (χ1n) is 6.91. The molecule has 5 heteroatoms. The van der Waals surface area contributed by atoms with Crippen molar-refractivity contribution in [3.63, 3.8) is 0 Å². The molecular formula is C15H23ClN2O2. The van der Waals surface area contributed by atoms with Gasteiger partial charge in [0, 0.05) is 13.1 Å². The topological polar surface area (TPSA) is 41.6 Å². The molecule has 1 heterocycles. The van der Waals surface area contributed by atoms with E-state index >= 15 is 0 Å². The van der Waals surface area contributed by atoms with Crippen LogP contribution in [0.5, 0.6) is 5.75 Å². The summed E-state index contributed by atoms with van der Waals surface area (Å²) in [6.45, 7) is 2.45. The fourth-order valence-corrected chi connectivity index (χ4v) is 2.35. The van der Waals surface area contributed by atoms with Crippen LogP contribution in [0.2, 0.25) is 0 Å². The van der Waals surface area contributed by atoms with Gasteiger partial charge in [0.1, 0.15) is 5.75 Å². The molecule has 20 heavy (non-hydrogen) atoms. The van der Waals surface area contributed by atoms with Crippen molar-refractivity contribution in [1.82, 2.24) is 10.2 Å². The lowest BCUT2D eigenvalue weighted by Gasteiger charge is -2.31. The van der Waals surface area contributed by atoms with Gasteiger partial charge in [-0.05, 0) is 38.1 Å². The highest BCUT2D eigenvalue weighted by Crippen LogP contribution is 2.12. The Hall–Kier alpha value is -1.26. The van der Waals surface area contributed by atoms with Crippen LogP contribution in [0.4, 0.5) is 0 Å². The van der Waals surface area contributed by atoms with E-state index in [0.29, 0.717) is 19.1 Å². The van der Waals surface area contributed by atoms with Crippen molar-refractivity contribution in [1.29, 1.82) is 0 Å². The first kappa shape index (κ1) is 16.8. The Bertz CT molecular complexity index is 394. The summed E-state index contributed by atoms with van der Waals surface area (Å²) in [4.78, 5) is 13.9. The molecule has 1 aromatic carbocycles. The quantitative estimate of drug-likeness (QED) is 0.905. The van der Waals surface area contributed by atoms with Crippen LogP contribution in [-0.2, 0) is 4.79 Å². The lowest BCUT2D eigenvalue weighted by molar-refractivity contribution is -0.132. The van der Waals surface area contributed by atoms with E-state index in [4.69, 9.17) is 4.74 Å². The summed E-state index contributed by atoms with van der Waals surface area (Å²) in [5, 5.41) is 3.31. The molecule has 0 unspecified atom stereocenters. The molecule has 1 saturated heterocycles. The van der Waals surface area contributed by atoms with Crippen molar-refractivity contribution in [3.05, 3.63) is 30.3 Å². The first-order valence-corrected chi connectivity index (χ1v) is 6.91. The lowest BCUT2D eigenvalue weighted by Crippen LogP contribution is -2.44. The van der Waals surface area contributed by atoms with E-state index in [1.54, 1.807) is 0 Å². The van der Waals surface area contributed by atoms with Crippen molar-refractivity contribution < 1.29 is 9.53 Å². The number of ether oxygens (including phenoxy) is 1. The fraction of sp³-hybridized carbons (Fsp3) is 0.533. The Labute approximate surface area is 126 Å². The van der Waals surface area contributed by atoms with Gasteiger partial charge in [0.25, 0.3) is 0 Å². The molecule has 0 spiro atoms. The van der Waals surface area contributed by atoms with Gasteiger partial charge in [0.2, 0.25) is 5.91 Å². The molecule has 1 N–H and O–H groups in total. The lowest BCUT2D eigenvalue weighted by atomic mass is 10.1. The largest absolute Gasteiger partial charge is 0.493 e. The standard InChI is InChI=1S/C15H22N2O2.ClH/c1-17(13-7-10-16-11-8-13)15(18)9-12-19-14-5-3-2-4-6-14;/h2-6,13,16H,7-12H2,1H3;1H. The summed E-state index contributed by atoms with van der Waals surface area (Å²) >= 11 is 0. The number of nitrogens with one attached hydrogen (secondary N) is 1. The van der Waals surface area contributed by atoms with Gasteiger partial charge in [-0.15, -0.1) is 12.4 Å². The van der Waals surface area contributed by atoms with E-state index in [1.807, 2.05) is 42.3 Å². The minimum Gasteiger partial charge on any atom is -0.493 e. The van der Waals surface area contributed by atoms with Crippen molar-refractivity contribution in [2.75, 3.05) is 26.7 Å². The Morgan fingerprint density at radius 2 is 1.95 bits per heavy atom. The van der Waals surface area contributed by atoms with Crippen LogP contribution in [-0.4, -0.2) is 43.6 Å². The zero-order chi connectivity index (χ0) is 13.5. The van der Waals surface area contributed by atoms with Crippen molar-refractivity contribution in [2.45, 2.75) is 25.3 Å². The average Bonchev–Trinajstić information content (AvgIpc) is 2.48. The first-order chi connectivity index (χ1) is 9.27. The number of rotatable bonds is 5. The van der Waals surface area contributed by atoms with E-state index in [0.717, 1.165) is 31.7 Å². The number of para-hydroxylation sites is 1. The van der Waals surface area contributed by atoms with Crippen LogP contribution in [0.1, 0.15) is 19.3 Å². The third-order valence-corrected chi connectivity index (χ3v) is 3.58. The highest BCUT2D eigenvalue weighted by atomic mass is 35.5. The Morgan fingerprint density at radius 1 is 1.30 bits per heavy atom. The Morgan fingerprint density at radius 3 is 2.60 bits per heavy atom. The molecule has 1 aliphatic heterocycles. The molecule has 0 atom stereocenters. The number of amides is 1. The average molecular weight is 299 g/mol. The Balaban J connectivity index is 0.00000200. The number of benzene rings is 1. The van der Waals surface area contributed by atoms with E-state index in [-0.39, 0.29) is 18.3 Å². The monoisotopic (exact) mass is 298 g/mol. The van der Waals surface area contributed by atoms with Gasteiger partial charge in [-0.25, -0.2) is 0 Å². The van der Waals surface area contributed by atoms with Gasteiger partial charge in [-0.2, -0.15) is 0 Å². The fourth-order valence-electron chi connectivity index (χ4n) is 2.35. The third-order valence-electron chi connectivity index (χ3n) is 3.58. The number of halogens is 1. The summed E-state index contributed by atoms with van der Waals surface area (Å²) in [5.74, 6) is 0.989. The molecule has 0 radical (unpaired) electrons. The number of carbonyl (C=O) groups excluding carboxylic acids is 1. The summed E-state index contributed by atoms with van der Waals surface area (Å²) in [7, 11) is 1.90. The number of piperidine rings is 1. The molecule has 112 valence electrons. The highest BCUT2D eigenvalue weighted by molar-refractivity contribution is 5.85. The van der Waals surface area contributed by atoms with Crippen molar-refractivity contribution >= 4 is 18.3 Å². The SMILES string of the molecule is CN(C(=O)CCOc1ccccc1)C1CCNCC1.Cl. The van der Waals surface area contributed by atoms with Crippen LogP contribution in [0.3, 0.4) is 0 Å². The molecule has 1 aromatic rings. The molecular weight excluding hydrogens is 276 g/mol. The second kappa shape index (κ2) is 8.82. The second-order valence-electron chi connectivity index (χ2n) is 4.90. The molecule has 4 nitrogen and oxygen atoms in total. The van der Waals surface area contributed by atoms with Crippen molar-refractivity contribution in [3.8, 4) is 5.75 Å². The molecule has 0 bridgehead atoms. The number of carbonyl (C=O) groups is 1.